The summed E-state index contributed by atoms with van der Waals surface area (Å²) in [6.45, 7) is 1.39. The molecule has 11 heteroatoms. The van der Waals surface area contributed by atoms with E-state index < -0.39 is 3.00 Å². The molecule has 1 nitrogen and oxygen atoms in total. The fraction of sp³-hybridized carbons (Fsp3) is 0.222. The fourth-order valence-corrected chi connectivity index (χ4v) is 5.91. The minimum absolute atomic E-state index is 0.0493. The summed E-state index contributed by atoms with van der Waals surface area (Å²) in [5, 5.41) is 0.196. The molecule has 0 radical (unpaired) electrons. The first-order valence-electron chi connectivity index (χ1n) is 4.51. The molecule has 0 fully saturated rings. The quantitative estimate of drug-likeness (QED) is 0.110. The number of hydrogen-bond donors (Lipinski definition) is 0. The molecule has 0 unspecified atom stereocenters. The van der Waals surface area contributed by atoms with Gasteiger partial charge in [-0.3, -0.25) is 4.79 Å². The number of hydrogen-bond acceptors (Lipinski definition) is 4. The third-order valence-corrected chi connectivity index (χ3v) is 9.50. The van der Waals surface area contributed by atoms with Crippen LogP contribution in [-0.2, 0) is 4.79 Å². The lowest BCUT2D eigenvalue weighted by atomic mass is 10.3. The van der Waals surface area contributed by atoms with Crippen LogP contribution >= 0.6 is 115 Å². The van der Waals surface area contributed by atoms with Gasteiger partial charge in [0.15, 0.2) is 5.12 Å². The smallest absolute Gasteiger partial charge is 0.224 e. The lowest BCUT2D eigenvalue weighted by Gasteiger charge is -2.19. The van der Waals surface area contributed by atoms with Crippen molar-refractivity contribution in [1.29, 1.82) is 0 Å². The molecule has 20 heavy (non-hydrogen) atoms. The van der Waals surface area contributed by atoms with E-state index in [0.717, 1.165) is 33.3 Å². The van der Waals surface area contributed by atoms with E-state index in [4.69, 9.17) is 81.2 Å². The molecule has 0 saturated carbocycles. The van der Waals surface area contributed by atoms with Gasteiger partial charge in [-0.05, 0) is 21.6 Å². The highest BCUT2D eigenvalue weighted by Gasteiger charge is 2.32. The van der Waals surface area contributed by atoms with E-state index in [1.807, 2.05) is 0 Å². The Labute approximate surface area is 163 Å². The molecule has 0 heterocycles. The third-order valence-electron chi connectivity index (χ3n) is 1.65. The van der Waals surface area contributed by atoms with Gasteiger partial charge in [0.1, 0.15) is 0 Å². The molecular formula is C9H3Cl7OS3. The molecule has 0 aliphatic rings. The van der Waals surface area contributed by atoms with Gasteiger partial charge in [-0.15, -0.1) is 0 Å². The van der Waals surface area contributed by atoms with Crippen molar-refractivity contribution in [2.75, 3.05) is 0 Å². The Morgan fingerprint density at radius 2 is 1.30 bits per heavy atom. The molecule has 0 saturated heterocycles. The molecule has 112 valence electrons. The zero-order valence-electron chi connectivity index (χ0n) is 9.28. The minimum atomic E-state index is -1.41. The lowest BCUT2D eigenvalue weighted by molar-refractivity contribution is -0.109. The molecule has 0 N–H and O–H groups in total. The van der Waals surface area contributed by atoms with Gasteiger partial charge in [-0.25, -0.2) is 0 Å². The van der Waals surface area contributed by atoms with E-state index in [9.17, 15) is 4.79 Å². The third kappa shape index (κ3) is 5.26. The summed E-state index contributed by atoms with van der Waals surface area (Å²) in [6, 6.07) is 0. The van der Waals surface area contributed by atoms with E-state index >= 15 is 0 Å². The van der Waals surface area contributed by atoms with Crippen molar-refractivity contribution in [1.82, 2.24) is 0 Å². The van der Waals surface area contributed by atoms with Crippen molar-refractivity contribution in [3.05, 3.63) is 25.1 Å². The number of carbonyl (C=O) groups is 1. The highest BCUT2D eigenvalue weighted by molar-refractivity contribution is 8.84. The fourth-order valence-electron chi connectivity index (χ4n) is 0.917. The summed E-state index contributed by atoms with van der Waals surface area (Å²) in [6.07, 6.45) is 0. The van der Waals surface area contributed by atoms with Crippen molar-refractivity contribution in [3.8, 4) is 0 Å². The van der Waals surface area contributed by atoms with Crippen LogP contribution in [0.3, 0.4) is 0 Å². The molecule has 1 rings (SSSR count). The molecule has 0 aliphatic carbocycles. The second kappa shape index (κ2) is 8.18. The summed E-state index contributed by atoms with van der Waals surface area (Å²) >= 11 is 43.0. The Morgan fingerprint density at radius 1 is 0.900 bits per heavy atom. The van der Waals surface area contributed by atoms with Crippen molar-refractivity contribution in [2.45, 2.75) is 14.8 Å². The Balaban J connectivity index is 3.12. The predicted molar refractivity (Wildman–Crippen MR) is 97.6 cm³/mol. The first kappa shape index (κ1) is 20.0. The Kier molecular flexibility index (Phi) is 8.19. The van der Waals surface area contributed by atoms with Crippen molar-refractivity contribution in [3.63, 3.8) is 0 Å². The van der Waals surface area contributed by atoms with Gasteiger partial charge in [0, 0.05) is 6.92 Å². The summed E-state index contributed by atoms with van der Waals surface area (Å²) in [5.74, 6) is 0. The number of benzene rings is 1. The first-order valence-corrected chi connectivity index (χ1v) is 10.1. The van der Waals surface area contributed by atoms with E-state index in [-0.39, 0.29) is 35.1 Å². The predicted octanol–water partition coefficient (Wildman–Crippen LogP) is 8.06. The summed E-state index contributed by atoms with van der Waals surface area (Å²) in [7, 11) is 1.84. The zero-order chi connectivity index (χ0) is 15.7. The van der Waals surface area contributed by atoms with Crippen LogP contribution in [0.1, 0.15) is 6.92 Å². The van der Waals surface area contributed by atoms with Crippen LogP contribution in [0.15, 0.2) is 4.90 Å². The van der Waals surface area contributed by atoms with Gasteiger partial charge < -0.3 is 0 Å². The number of halogens is 7. The summed E-state index contributed by atoms with van der Waals surface area (Å²) in [4.78, 5) is 11.2. The maximum atomic E-state index is 10.9. The van der Waals surface area contributed by atoms with Gasteiger partial charge in [0.25, 0.3) is 0 Å². The second-order valence-electron chi connectivity index (χ2n) is 3.12. The second-order valence-corrected chi connectivity index (χ2v) is 11.2. The standard InChI is InChI=1S/C9H3Cl7OS3/c1-2(17)19-20-9(15,16)18-8-6(13)4(11)3(10)5(12)7(8)14/h1H3. The van der Waals surface area contributed by atoms with E-state index in [1.54, 1.807) is 0 Å². The van der Waals surface area contributed by atoms with Crippen molar-refractivity contribution >= 4 is 120 Å². The van der Waals surface area contributed by atoms with E-state index in [2.05, 4.69) is 0 Å². The molecule has 0 amide bonds. The highest BCUT2D eigenvalue weighted by Crippen LogP contribution is 2.58. The van der Waals surface area contributed by atoms with Crippen LogP contribution in [0.5, 0.6) is 0 Å². The summed E-state index contributed by atoms with van der Waals surface area (Å²) < 4.78 is -1.41. The van der Waals surface area contributed by atoms with Gasteiger partial charge in [0.2, 0.25) is 3.00 Å². The van der Waals surface area contributed by atoms with Crippen LogP contribution in [0, 0.1) is 0 Å². The van der Waals surface area contributed by atoms with Crippen LogP contribution in [0.25, 0.3) is 0 Å². The molecule has 1 aromatic rings. The topological polar surface area (TPSA) is 17.1 Å². The van der Waals surface area contributed by atoms with Gasteiger partial charge in [-0.2, -0.15) is 0 Å². The highest BCUT2D eigenvalue weighted by atomic mass is 35.5. The number of rotatable bonds is 4. The van der Waals surface area contributed by atoms with Gasteiger partial charge in [0.05, 0.1) is 30.0 Å². The normalized spacial score (nSPS) is 11.8. The number of alkyl halides is 2. The van der Waals surface area contributed by atoms with E-state index in [1.165, 1.54) is 6.92 Å². The number of carbonyl (C=O) groups excluding carboxylic acids is 1. The Morgan fingerprint density at radius 3 is 1.70 bits per heavy atom. The van der Waals surface area contributed by atoms with Crippen molar-refractivity contribution in [2.24, 2.45) is 0 Å². The number of thioether (sulfide) groups is 1. The monoisotopic (exact) mass is 468 g/mol. The largest absolute Gasteiger partial charge is 0.287 e. The minimum Gasteiger partial charge on any atom is -0.287 e. The molecule has 1 aromatic carbocycles. The summed E-state index contributed by atoms with van der Waals surface area (Å²) in [5.41, 5.74) is 0. The maximum absolute atomic E-state index is 10.9. The van der Waals surface area contributed by atoms with Crippen LogP contribution in [-0.4, -0.2) is 8.11 Å². The molecule has 0 atom stereocenters. The van der Waals surface area contributed by atoms with Crippen LogP contribution in [0.4, 0.5) is 0 Å². The first-order chi connectivity index (χ1) is 9.07. The molecule has 0 aliphatic heterocycles. The Hall–Kier alpha value is 1.97. The average Bonchev–Trinajstić information content (AvgIpc) is 2.37. The maximum Gasteiger partial charge on any atom is 0.224 e. The van der Waals surface area contributed by atoms with Crippen LogP contribution in [0.2, 0.25) is 25.1 Å². The molecule has 0 aromatic heterocycles. The van der Waals surface area contributed by atoms with Gasteiger partial charge in [-0.1, -0.05) is 93.0 Å². The van der Waals surface area contributed by atoms with E-state index in [0.29, 0.717) is 0 Å². The molecule has 0 bridgehead atoms. The molecule has 0 spiro atoms. The van der Waals surface area contributed by atoms with Crippen molar-refractivity contribution < 1.29 is 4.79 Å². The zero-order valence-corrected chi connectivity index (χ0v) is 17.0. The Bertz CT molecular complexity index is 520. The average molecular weight is 471 g/mol. The SMILES string of the molecule is CC(=O)SSC(Cl)(Cl)Sc1c(Cl)c(Cl)c(Cl)c(Cl)c1Cl. The van der Waals surface area contributed by atoms with Crippen LogP contribution < -0.4 is 0 Å². The molecular weight excluding hydrogens is 468 g/mol. The van der Waals surface area contributed by atoms with Gasteiger partial charge >= 0.3 is 0 Å². The lowest BCUT2D eigenvalue weighted by Crippen LogP contribution is -2.00.